The minimum atomic E-state index is -0.0227. The standard InChI is InChI=1S/C20H24N2O/c1-2-10-19(18-14-7-4-8-15-18)21-22-20(23)16-9-13-17-11-5-3-6-12-17/h3-8,11-12,14-15H,2,9-10,13,16H2,1H3,(H,22,23)/b21-19-. The second kappa shape index (κ2) is 9.57. The first-order valence-electron chi connectivity index (χ1n) is 8.24. The summed E-state index contributed by atoms with van der Waals surface area (Å²) in [5, 5.41) is 4.33. The topological polar surface area (TPSA) is 41.5 Å². The molecule has 0 bridgehead atoms. The number of hydrazone groups is 1. The molecular formula is C20H24N2O. The number of rotatable bonds is 8. The van der Waals surface area contributed by atoms with Crippen LogP contribution >= 0.6 is 0 Å². The van der Waals surface area contributed by atoms with Gasteiger partial charge in [-0.15, -0.1) is 0 Å². The molecule has 0 saturated carbocycles. The predicted molar refractivity (Wildman–Crippen MR) is 95.4 cm³/mol. The number of carbonyl (C=O) groups is 1. The van der Waals surface area contributed by atoms with E-state index in [9.17, 15) is 4.79 Å². The molecule has 0 fully saturated rings. The average Bonchev–Trinajstić information content (AvgIpc) is 2.60. The number of aryl methyl sites for hydroxylation is 1. The lowest BCUT2D eigenvalue weighted by atomic mass is 10.1. The van der Waals surface area contributed by atoms with Crippen LogP contribution in [0.3, 0.4) is 0 Å². The molecule has 0 aliphatic carbocycles. The van der Waals surface area contributed by atoms with Gasteiger partial charge in [-0.05, 0) is 30.4 Å². The van der Waals surface area contributed by atoms with Gasteiger partial charge in [0.05, 0.1) is 5.71 Å². The number of amides is 1. The van der Waals surface area contributed by atoms with E-state index in [2.05, 4.69) is 29.6 Å². The molecule has 3 nitrogen and oxygen atoms in total. The lowest BCUT2D eigenvalue weighted by Crippen LogP contribution is -2.20. The first-order valence-corrected chi connectivity index (χ1v) is 8.24. The van der Waals surface area contributed by atoms with Crippen molar-refractivity contribution in [1.82, 2.24) is 5.43 Å². The Kier molecular flexibility index (Phi) is 7.05. The molecule has 2 aromatic rings. The van der Waals surface area contributed by atoms with Crippen molar-refractivity contribution in [1.29, 1.82) is 0 Å². The summed E-state index contributed by atoms with van der Waals surface area (Å²) in [7, 11) is 0. The molecule has 0 aliphatic rings. The average molecular weight is 308 g/mol. The van der Waals surface area contributed by atoms with Crippen LogP contribution in [-0.4, -0.2) is 11.6 Å². The van der Waals surface area contributed by atoms with E-state index in [0.29, 0.717) is 6.42 Å². The van der Waals surface area contributed by atoms with E-state index in [1.54, 1.807) is 0 Å². The summed E-state index contributed by atoms with van der Waals surface area (Å²) >= 11 is 0. The molecule has 0 atom stereocenters. The fraction of sp³-hybridized carbons (Fsp3) is 0.300. The molecule has 0 radical (unpaired) electrons. The van der Waals surface area contributed by atoms with E-state index >= 15 is 0 Å². The van der Waals surface area contributed by atoms with Gasteiger partial charge in [0.2, 0.25) is 5.91 Å². The number of nitrogens with one attached hydrogen (secondary N) is 1. The van der Waals surface area contributed by atoms with Gasteiger partial charge in [0.25, 0.3) is 0 Å². The first kappa shape index (κ1) is 16.9. The maximum atomic E-state index is 12.0. The Morgan fingerprint density at radius 3 is 2.26 bits per heavy atom. The van der Waals surface area contributed by atoms with Crippen LogP contribution in [0.5, 0.6) is 0 Å². The Morgan fingerprint density at radius 2 is 1.61 bits per heavy atom. The van der Waals surface area contributed by atoms with Crippen molar-refractivity contribution in [2.75, 3.05) is 0 Å². The summed E-state index contributed by atoms with van der Waals surface area (Å²) in [5.74, 6) is -0.0227. The SMILES string of the molecule is CCC/C(=N/NC(=O)CCCc1ccccc1)c1ccccc1. The smallest absolute Gasteiger partial charge is 0.240 e. The molecular weight excluding hydrogens is 284 g/mol. The first-order chi connectivity index (χ1) is 11.3. The van der Waals surface area contributed by atoms with E-state index in [-0.39, 0.29) is 5.91 Å². The van der Waals surface area contributed by atoms with Crippen LogP contribution in [0.15, 0.2) is 65.8 Å². The van der Waals surface area contributed by atoms with Crippen LogP contribution in [0.2, 0.25) is 0 Å². The molecule has 1 amide bonds. The molecule has 0 heterocycles. The van der Waals surface area contributed by atoms with E-state index in [1.165, 1.54) is 5.56 Å². The van der Waals surface area contributed by atoms with Gasteiger partial charge in [-0.3, -0.25) is 4.79 Å². The molecule has 2 rings (SSSR count). The molecule has 0 aliphatic heterocycles. The summed E-state index contributed by atoms with van der Waals surface area (Å²) in [6.45, 7) is 2.11. The molecule has 0 saturated heterocycles. The third-order valence-electron chi connectivity index (χ3n) is 3.62. The lowest BCUT2D eigenvalue weighted by Gasteiger charge is -2.06. The third-order valence-corrected chi connectivity index (χ3v) is 3.62. The van der Waals surface area contributed by atoms with Gasteiger partial charge >= 0.3 is 0 Å². The summed E-state index contributed by atoms with van der Waals surface area (Å²) in [6, 6.07) is 20.2. The Balaban J connectivity index is 1.83. The van der Waals surface area contributed by atoms with Crippen molar-refractivity contribution in [3.63, 3.8) is 0 Å². The van der Waals surface area contributed by atoms with Gasteiger partial charge in [0.15, 0.2) is 0 Å². The highest BCUT2D eigenvalue weighted by atomic mass is 16.2. The van der Waals surface area contributed by atoms with Crippen molar-refractivity contribution in [3.05, 3.63) is 71.8 Å². The van der Waals surface area contributed by atoms with Crippen molar-refractivity contribution >= 4 is 11.6 Å². The predicted octanol–water partition coefficient (Wildman–Crippen LogP) is 4.33. The molecule has 0 spiro atoms. The molecule has 3 heteroatoms. The number of carbonyl (C=O) groups excluding carboxylic acids is 1. The van der Waals surface area contributed by atoms with E-state index in [1.807, 2.05) is 48.5 Å². The monoisotopic (exact) mass is 308 g/mol. The molecule has 2 aromatic carbocycles. The minimum absolute atomic E-state index is 0.0227. The Labute approximate surface area is 138 Å². The zero-order valence-electron chi connectivity index (χ0n) is 13.7. The highest BCUT2D eigenvalue weighted by Crippen LogP contribution is 2.07. The van der Waals surface area contributed by atoms with Gasteiger partial charge in [0.1, 0.15) is 0 Å². The normalized spacial score (nSPS) is 11.3. The van der Waals surface area contributed by atoms with Gasteiger partial charge in [-0.2, -0.15) is 5.10 Å². The molecule has 120 valence electrons. The van der Waals surface area contributed by atoms with Crippen LogP contribution < -0.4 is 5.43 Å². The van der Waals surface area contributed by atoms with Crippen LogP contribution in [0.4, 0.5) is 0 Å². The summed E-state index contributed by atoms with van der Waals surface area (Å²) in [6.07, 6.45) is 4.09. The minimum Gasteiger partial charge on any atom is -0.273 e. The zero-order valence-corrected chi connectivity index (χ0v) is 13.7. The second-order valence-electron chi connectivity index (χ2n) is 5.55. The number of nitrogens with zero attached hydrogens (tertiary/aromatic N) is 1. The maximum absolute atomic E-state index is 12.0. The van der Waals surface area contributed by atoms with Gasteiger partial charge < -0.3 is 0 Å². The second-order valence-corrected chi connectivity index (χ2v) is 5.55. The quantitative estimate of drug-likeness (QED) is 0.572. The third kappa shape index (κ3) is 6.07. The highest BCUT2D eigenvalue weighted by molar-refractivity contribution is 6.01. The maximum Gasteiger partial charge on any atom is 0.240 e. The Bertz CT molecular complexity index is 621. The molecule has 1 N–H and O–H groups in total. The van der Waals surface area contributed by atoms with Gasteiger partial charge in [0, 0.05) is 6.42 Å². The largest absolute Gasteiger partial charge is 0.273 e. The van der Waals surface area contributed by atoms with Gasteiger partial charge in [-0.25, -0.2) is 5.43 Å². The highest BCUT2D eigenvalue weighted by Gasteiger charge is 2.04. The van der Waals surface area contributed by atoms with E-state index in [0.717, 1.165) is 37.0 Å². The van der Waals surface area contributed by atoms with Crippen molar-refractivity contribution in [2.45, 2.75) is 39.0 Å². The molecule has 23 heavy (non-hydrogen) atoms. The van der Waals surface area contributed by atoms with E-state index < -0.39 is 0 Å². The van der Waals surface area contributed by atoms with Gasteiger partial charge in [-0.1, -0.05) is 74.0 Å². The number of hydrogen-bond acceptors (Lipinski definition) is 2. The van der Waals surface area contributed by atoms with Crippen molar-refractivity contribution in [2.24, 2.45) is 5.10 Å². The van der Waals surface area contributed by atoms with Crippen LogP contribution in [-0.2, 0) is 11.2 Å². The van der Waals surface area contributed by atoms with Crippen LogP contribution in [0.25, 0.3) is 0 Å². The Hall–Kier alpha value is -2.42. The van der Waals surface area contributed by atoms with Crippen molar-refractivity contribution < 1.29 is 4.79 Å². The van der Waals surface area contributed by atoms with Crippen molar-refractivity contribution in [3.8, 4) is 0 Å². The lowest BCUT2D eigenvalue weighted by molar-refractivity contribution is -0.121. The van der Waals surface area contributed by atoms with E-state index in [4.69, 9.17) is 0 Å². The fourth-order valence-electron chi connectivity index (χ4n) is 2.42. The fourth-order valence-corrected chi connectivity index (χ4v) is 2.42. The number of hydrogen-bond donors (Lipinski definition) is 1. The summed E-state index contributed by atoms with van der Waals surface area (Å²) < 4.78 is 0. The van der Waals surface area contributed by atoms with Crippen LogP contribution in [0.1, 0.15) is 43.7 Å². The Morgan fingerprint density at radius 1 is 0.957 bits per heavy atom. The molecule has 0 aromatic heterocycles. The summed E-state index contributed by atoms with van der Waals surface area (Å²) in [4.78, 5) is 12.0. The summed E-state index contributed by atoms with van der Waals surface area (Å²) in [5.41, 5.74) is 5.97. The number of benzene rings is 2. The van der Waals surface area contributed by atoms with Crippen LogP contribution in [0, 0.1) is 0 Å². The molecule has 0 unspecified atom stereocenters. The zero-order chi connectivity index (χ0) is 16.3.